The van der Waals surface area contributed by atoms with Gasteiger partial charge in [-0.05, 0) is 30.9 Å². The van der Waals surface area contributed by atoms with Crippen LogP contribution in [0.25, 0.3) is 0 Å². The SMILES string of the molecule is CCO[C@@H]1CCC(N)c2ccccc21. The second kappa shape index (κ2) is 4.11. The van der Waals surface area contributed by atoms with Gasteiger partial charge in [-0.1, -0.05) is 24.3 Å². The standard InChI is InChI=1S/C12H17NO/c1-2-14-12-8-7-11(13)9-5-3-4-6-10(9)12/h3-6,11-12H,2,7-8,13H2,1H3/t11?,12-/m1/s1. The molecule has 2 rings (SSSR count). The fraction of sp³-hybridized carbons (Fsp3) is 0.500. The molecule has 0 fully saturated rings. The van der Waals surface area contributed by atoms with Crippen molar-refractivity contribution in [2.75, 3.05) is 6.61 Å². The smallest absolute Gasteiger partial charge is 0.0828 e. The van der Waals surface area contributed by atoms with Crippen LogP contribution in [0.1, 0.15) is 43.0 Å². The Kier molecular flexibility index (Phi) is 2.85. The molecule has 1 aromatic carbocycles. The van der Waals surface area contributed by atoms with E-state index < -0.39 is 0 Å². The van der Waals surface area contributed by atoms with E-state index in [2.05, 4.69) is 18.2 Å². The highest BCUT2D eigenvalue weighted by Gasteiger charge is 2.24. The molecule has 0 radical (unpaired) electrons. The summed E-state index contributed by atoms with van der Waals surface area (Å²) in [5, 5.41) is 0. The molecule has 0 spiro atoms. The van der Waals surface area contributed by atoms with Gasteiger partial charge < -0.3 is 10.5 Å². The lowest BCUT2D eigenvalue weighted by atomic mass is 9.86. The van der Waals surface area contributed by atoms with Gasteiger partial charge in [0, 0.05) is 12.6 Å². The molecule has 0 aliphatic heterocycles. The molecule has 0 saturated carbocycles. The summed E-state index contributed by atoms with van der Waals surface area (Å²) in [5.74, 6) is 0. The third-order valence-electron chi connectivity index (χ3n) is 2.85. The maximum atomic E-state index is 6.05. The summed E-state index contributed by atoms with van der Waals surface area (Å²) in [6.07, 6.45) is 2.34. The zero-order valence-electron chi connectivity index (χ0n) is 8.57. The summed E-state index contributed by atoms with van der Waals surface area (Å²) in [4.78, 5) is 0. The maximum Gasteiger partial charge on any atom is 0.0828 e. The molecule has 1 aromatic rings. The molecule has 1 aliphatic rings. The summed E-state index contributed by atoms with van der Waals surface area (Å²) < 4.78 is 5.70. The average Bonchev–Trinajstić information content (AvgIpc) is 2.23. The third kappa shape index (κ3) is 1.68. The van der Waals surface area contributed by atoms with Gasteiger partial charge in [-0.3, -0.25) is 0 Å². The van der Waals surface area contributed by atoms with E-state index in [1.165, 1.54) is 11.1 Å². The molecule has 0 aromatic heterocycles. The first kappa shape index (κ1) is 9.69. The Hall–Kier alpha value is -0.860. The van der Waals surface area contributed by atoms with Gasteiger partial charge in [-0.2, -0.15) is 0 Å². The lowest BCUT2D eigenvalue weighted by Gasteiger charge is -2.29. The van der Waals surface area contributed by atoms with Crippen molar-refractivity contribution in [2.24, 2.45) is 5.73 Å². The zero-order valence-corrected chi connectivity index (χ0v) is 8.57. The van der Waals surface area contributed by atoms with Gasteiger partial charge in [0.05, 0.1) is 6.10 Å². The molecule has 1 unspecified atom stereocenters. The predicted octanol–water partition coefficient (Wildman–Crippen LogP) is 2.56. The van der Waals surface area contributed by atoms with Crippen LogP contribution in [0.15, 0.2) is 24.3 Å². The number of ether oxygens (including phenoxy) is 1. The number of rotatable bonds is 2. The van der Waals surface area contributed by atoms with Crippen molar-refractivity contribution in [3.8, 4) is 0 Å². The van der Waals surface area contributed by atoms with E-state index in [9.17, 15) is 0 Å². The minimum atomic E-state index is 0.197. The summed E-state index contributed by atoms with van der Waals surface area (Å²) in [6.45, 7) is 2.81. The highest BCUT2D eigenvalue weighted by Crippen LogP contribution is 2.36. The van der Waals surface area contributed by atoms with E-state index >= 15 is 0 Å². The molecular formula is C12H17NO. The molecule has 0 heterocycles. The second-order valence-electron chi connectivity index (χ2n) is 3.76. The van der Waals surface area contributed by atoms with Gasteiger partial charge in [-0.25, -0.2) is 0 Å². The predicted molar refractivity (Wildman–Crippen MR) is 57.0 cm³/mol. The number of fused-ring (bicyclic) bond motifs is 1. The third-order valence-corrected chi connectivity index (χ3v) is 2.85. The van der Waals surface area contributed by atoms with Crippen LogP contribution in [0.3, 0.4) is 0 Å². The molecule has 0 bridgehead atoms. The molecule has 2 heteroatoms. The Labute approximate surface area is 85.1 Å². The average molecular weight is 191 g/mol. The topological polar surface area (TPSA) is 35.2 Å². The molecule has 0 saturated heterocycles. The van der Waals surface area contributed by atoms with E-state index in [0.717, 1.165) is 19.4 Å². The highest BCUT2D eigenvalue weighted by molar-refractivity contribution is 5.33. The summed E-state index contributed by atoms with van der Waals surface area (Å²) in [5.41, 5.74) is 8.60. The lowest BCUT2D eigenvalue weighted by Crippen LogP contribution is -2.21. The van der Waals surface area contributed by atoms with Crippen molar-refractivity contribution in [3.63, 3.8) is 0 Å². The van der Waals surface area contributed by atoms with Gasteiger partial charge in [0.2, 0.25) is 0 Å². The minimum absolute atomic E-state index is 0.197. The van der Waals surface area contributed by atoms with Crippen LogP contribution >= 0.6 is 0 Å². The molecule has 0 amide bonds. The highest BCUT2D eigenvalue weighted by atomic mass is 16.5. The second-order valence-corrected chi connectivity index (χ2v) is 3.76. The Morgan fingerprint density at radius 1 is 1.29 bits per heavy atom. The Bertz CT molecular complexity index is 311. The largest absolute Gasteiger partial charge is 0.374 e. The number of hydrogen-bond acceptors (Lipinski definition) is 2. The quantitative estimate of drug-likeness (QED) is 0.779. The normalized spacial score (nSPS) is 25.9. The van der Waals surface area contributed by atoms with Gasteiger partial charge in [-0.15, -0.1) is 0 Å². The fourth-order valence-electron chi connectivity index (χ4n) is 2.16. The van der Waals surface area contributed by atoms with Crippen molar-refractivity contribution in [2.45, 2.75) is 31.9 Å². The molecule has 76 valence electrons. The fourth-order valence-corrected chi connectivity index (χ4v) is 2.16. The minimum Gasteiger partial charge on any atom is -0.374 e. The Balaban J connectivity index is 2.31. The first-order chi connectivity index (χ1) is 6.83. The molecule has 2 nitrogen and oxygen atoms in total. The van der Waals surface area contributed by atoms with E-state index in [4.69, 9.17) is 10.5 Å². The van der Waals surface area contributed by atoms with Crippen molar-refractivity contribution < 1.29 is 4.74 Å². The van der Waals surface area contributed by atoms with Crippen molar-refractivity contribution in [3.05, 3.63) is 35.4 Å². The first-order valence-electron chi connectivity index (χ1n) is 5.29. The van der Waals surface area contributed by atoms with Crippen molar-refractivity contribution in [1.29, 1.82) is 0 Å². The molecule has 2 N–H and O–H groups in total. The van der Waals surface area contributed by atoms with E-state index in [1.807, 2.05) is 13.0 Å². The van der Waals surface area contributed by atoms with Crippen molar-refractivity contribution >= 4 is 0 Å². The van der Waals surface area contributed by atoms with E-state index in [-0.39, 0.29) is 12.1 Å². The zero-order chi connectivity index (χ0) is 9.97. The van der Waals surface area contributed by atoms with Crippen LogP contribution in [0.4, 0.5) is 0 Å². The van der Waals surface area contributed by atoms with Gasteiger partial charge in [0.1, 0.15) is 0 Å². The summed E-state index contributed by atoms with van der Waals surface area (Å²) >= 11 is 0. The lowest BCUT2D eigenvalue weighted by molar-refractivity contribution is 0.0472. The monoisotopic (exact) mass is 191 g/mol. The van der Waals surface area contributed by atoms with Gasteiger partial charge >= 0.3 is 0 Å². The first-order valence-corrected chi connectivity index (χ1v) is 5.29. The number of benzene rings is 1. The van der Waals surface area contributed by atoms with Crippen LogP contribution < -0.4 is 5.73 Å². The molecule has 14 heavy (non-hydrogen) atoms. The van der Waals surface area contributed by atoms with Gasteiger partial charge in [0.25, 0.3) is 0 Å². The van der Waals surface area contributed by atoms with Crippen LogP contribution in [-0.4, -0.2) is 6.61 Å². The number of nitrogens with two attached hydrogens (primary N) is 1. The Morgan fingerprint density at radius 2 is 2.00 bits per heavy atom. The van der Waals surface area contributed by atoms with E-state index in [0.29, 0.717) is 0 Å². The molecular weight excluding hydrogens is 174 g/mol. The summed E-state index contributed by atoms with van der Waals surface area (Å²) in [6, 6.07) is 8.55. The van der Waals surface area contributed by atoms with Crippen LogP contribution in [0, 0.1) is 0 Å². The van der Waals surface area contributed by atoms with Crippen LogP contribution in [0.2, 0.25) is 0 Å². The Morgan fingerprint density at radius 3 is 2.71 bits per heavy atom. The number of hydrogen-bond donors (Lipinski definition) is 1. The summed E-state index contributed by atoms with van der Waals surface area (Å²) in [7, 11) is 0. The molecule has 2 atom stereocenters. The van der Waals surface area contributed by atoms with E-state index in [1.54, 1.807) is 0 Å². The van der Waals surface area contributed by atoms with Crippen molar-refractivity contribution in [1.82, 2.24) is 0 Å². The van der Waals surface area contributed by atoms with Crippen LogP contribution in [0.5, 0.6) is 0 Å². The molecule has 1 aliphatic carbocycles. The van der Waals surface area contributed by atoms with Gasteiger partial charge in [0.15, 0.2) is 0 Å². The maximum absolute atomic E-state index is 6.05. The van der Waals surface area contributed by atoms with Crippen LogP contribution in [-0.2, 0) is 4.74 Å².